The number of nitrogens with zero attached hydrogens (tertiary/aromatic N) is 2. The van der Waals surface area contributed by atoms with Crippen LogP contribution in [0.15, 0.2) is 0 Å². The third-order valence-corrected chi connectivity index (χ3v) is 2.40. The summed E-state index contributed by atoms with van der Waals surface area (Å²) in [5, 5.41) is 2.49. The SMILES string of the molecule is CC(=O)NCCCN(C)c1c(F)c(F)nc(F)c1F. The van der Waals surface area contributed by atoms with Gasteiger partial charge in [-0.1, -0.05) is 0 Å². The Morgan fingerprint density at radius 3 is 2.21 bits per heavy atom. The fourth-order valence-electron chi connectivity index (χ4n) is 1.50. The second-order valence-corrected chi connectivity index (χ2v) is 3.93. The Bertz CT molecular complexity index is 455. The van der Waals surface area contributed by atoms with E-state index in [1.165, 1.54) is 14.0 Å². The van der Waals surface area contributed by atoms with Crippen molar-refractivity contribution in [3.63, 3.8) is 0 Å². The molecular formula is C11H13F4N3O. The number of carbonyl (C=O) groups is 1. The Morgan fingerprint density at radius 2 is 1.74 bits per heavy atom. The zero-order chi connectivity index (χ0) is 14.6. The quantitative estimate of drug-likeness (QED) is 0.506. The first kappa shape index (κ1) is 15.2. The summed E-state index contributed by atoms with van der Waals surface area (Å²) < 4.78 is 52.5. The topological polar surface area (TPSA) is 45.2 Å². The van der Waals surface area contributed by atoms with Gasteiger partial charge in [0.25, 0.3) is 11.9 Å². The summed E-state index contributed by atoms with van der Waals surface area (Å²) in [7, 11) is 1.29. The lowest BCUT2D eigenvalue weighted by Gasteiger charge is -2.20. The fourth-order valence-corrected chi connectivity index (χ4v) is 1.50. The molecule has 0 bridgehead atoms. The van der Waals surface area contributed by atoms with Gasteiger partial charge in [0.1, 0.15) is 5.69 Å². The van der Waals surface area contributed by atoms with E-state index in [1.807, 2.05) is 0 Å². The highest BCUT2D eigenvalue weighted by Gasteiger charge is 2.23. The van der Waals surface area contributed by atoms with Gasteiger partial charge in [-0.15, -0.1) is 0 Å². The minimum Gasteiger partial charge on any atom is -0.370 e. The Hall–Kier alpha value is -1.86. The van der Waals surface area contributed by atoms with Crippen molar-refractivity contribution >= 4 is 11.6 Å². The highest BCUT2D eigenvalue weighted by molar-refractivity contribution is 5.72. The van der Waals surface area contributed by atoms with Gasteiger partial charge in [0, 0.05) is 27.1 Å². The summed E-state index contributed by atoms with van der Waals surface area (Å²) in [5.74, 6) is -6.70. The van der Waals surface area contributed by atoms with E-state index in [9.17, 15) is 22.4 Å². The van der Waals surface area contributed by atoms with Gasteiger partial charge >= 0.3 is 0 Å². The first-order valence-electron chi connectivity index (χ1n) is 5.50. The van der Waals surface area contributed by atoms with Crippen LogP contribution in [0.3, 0.4) is 0 Å². The van der Waals surface area contributed by atoms with E-state index in [0.717, 1.165) is 4.90 Å². The number of hydrogen-bond donors (Lipinski definition) is 1. The minimum atomic E-state index is -1.69. The normalized spacial score (nSPS) is 10.4. The van der Waals surface area contributed by atoms with Crippen molar-refractivity contribution in [2.75, 3.05) is 25.0 Å². The van der Waals surface area contributed by atoms with Crippen LogP contribution in [0.4, 0.5) is 23.2 Å². The highest BCUT2D eigenvalue weighted by Crippen LogP contribution is 2.25. The molecule has 8 heteroatoms. The molecule has 0 saturated heterocycles. The summed E-state index contributed by atoms with van der Waals surface area (Å²) in [5.41, 5.74) is -0.812. The monoisotopic (exact) mass is 279 g/mol. The maximum atomic E-state index is 13.4. The zero-order valence-electron chi connectivity index (χ0n) is 10.4. The molecule has 106 valence electrons. The van der Waals surface area contributed by atoms with Crippen LogP contribution in [0.25, 0.3) is 0 Å². The lowest BCUT2D eigenvalue weighted by molar-refractivity contribution is -0.118. The molecule has 1 aromatic rings. The molecule has 1 heterocycles. The molecule has 0 atom stereocenters. The number of pyridine rings is 1. The molecular weight excluding hydrogens is 266 g/mol. The average molecular weight is 279 g/mol. The number of amides is 1. The Kier molecular flexibility index (Phi) is 5.08. The van der Waals surface area contributed by atoms with Crippen molar-refractivity contribution in [2.24, 2.45) is 0 Å². The maximum absolute atomic E-state index is 13.4. The molecule has 0 aliphatic rings. The third kappa shape index (κ3) is 3.80. The molecule has 0 fully saturated rings. The van der Waals surface area contributed by atoms with Crippen LogP contribution in [-0.2, 0) is 4.79 Å². The molecule has 1 amide bonds. The molecule has 0 spiro atoms. The largest absolute Gasteiger partial charge is 0.370 e. The molecule has 0 saturated carbocycles. The average Bonchev–Trinajstić information content (AvgIpc) is 2.32. The van der Waals surface area contributed by atoms with Crippen LogP contribution in [-0.4, -0.2) is 31.0 Å². The van der Waals surface area contributed by atoms with Crippen molar-refractivity contribution in [1.82, 2.24) is 10.3 Å². The van der Waals surface area contributed by atoms with Gasteiger partial charge < -0.3 is 10.2 Å². The van der Waals surface area contributed by atoms with Crippen LogP contribution in [0, 0.1) is 23.5 Å². The van der Waals surface area contributed by atoms with Gasteiger partial charge in [0.2, 0.25) is 17.5 Å². The number of hydrogen-bond acceptors (Lipinski definition) is 3. The molecule has 0 aliphatic carbocycles. The Morgan fingerprint density at radius 1 is 1.21 bits per heavy atom. The number of anilines is 1. The zero-order valence-corrected chi connectivity index (χ0v) is 10.4. The van der Waals surface area contributed by atoms with Crippen LogP contribution < -0.4 is 10.2 Å². The molecule has 1 N–H and O–H groups in total. The van der Waals surface area contributed by atoms with Crippen LogP contribution in [0.5, 0.6) is 0 Å². The van der Waals surface area contributed by atoms with Crippen LogP contribution in [0.1, 0.15) is 13.3 Å². The van der Waals surface area contributed by atoms with Gasteiger partial charge in [-0.25, -0.2) is 0 Å². The number of carbonyl (C=O) groups excluding carboxylic acids is 1. The molecule has 19 heavy (non-hydrogen) atoms. The predicted molar refractivity (Wildman–Crippen MR) is 60.6 cm³/mol. The van der Waals surface area contributed by atoms with E-state index in [4.69, 9.17) is 0 Å². The highest BCUT2D eigenvalue weighted by atomic mass is 19.2. The first-order chi connectivity index (χ1) is 8.84. The van der Waals surface area contributed by atoms with Crippen molar-refractivity contribution in [2.45, 2.75) is 13.3 Å². The molecule has 0 aromatic carbocycles. The van der Waals surface area contributed by atoms with Gasteiger partial charge in [-0.2, -0.15) is 22.5 Å². The van der Waals surface area contributed by atoms with Crippen LogP contribution in [0.2, 0.25) is 0 Å². The third-order valence-electron chi connectivity index (χ3n) is 2.40. The van der Waals surface area contributed by atoms with Crippen molar-refractivity contribution in [1.29, 1.82) is 0 Å². The van der Waals surface area contributed by atoms with E-state index in [2.05, 4.69) is 10.3 Å². The van der Waals surface area contributed by atoms with E-state index in [-0.39, 0.29) is 12.5 Å². The smallest absolute Gasteiger partial charge is 0.253 e. The Balaban J connectivity index is 2.76. The van der Waals surface area contributed by atoms with Gasteiger partial charge in [-0.3, -0.25) is 4.79 Å². The van der Waals surface area contributed by atoms with Gasteiger partial charge in [0.05, 0.1) is 0 Å². The Labute approximate surface area is 107 Å². The molecule has 4 nitrogen and oxygen atoms in total. The summed E-state index contributed by atoms with van der Waals surface area (Å²) in [6, 6.07) is 0. The molecule has 1 aromatic heterocycles. The molecule has 0 unspecified atom stereocenters. The fraction of sp³-hybridized carbons (Fsp3) is 0.455. The summed E-state index contributed by atoms with van der Waals surface area (Å²) in [6.07, 6.45) is 0.362. The predicted octanol–water partition coefficient (Wildman–Crippen LogP) is 1.60. The van der Waals surface area contributed by atoms with E-state index < -0.39 is 29.2 Å². The first-order valence-corrected chi connectivity index (χ1v) is 5.50. The lowest BCUT2D eigenvalue weighted by atomic mass is 10.3. The summed E-state index contributed by atoms with van der Waals surface area (Å²) in [4.78, 5) is 14.1. The number of nitrogens with one attached hydrogen (secondary N) is 1. The van der Waals surface area contributed by atoms with Gasteiger partial charge in [-0.05, 0) is 6.42 Å². The summed E-state index contributed by atoms with van der Waals surface area (Å²) >= 11 is 0. The van der Waals surface area contributed by atoms with E-state index in [0.29, 0.717) is 13.0 Å². The standard InChI is InChI=1S/C11H13F4N3O/c1-6(19)16-4-3-5-18(2)9-7(12)10(14)17-11(15)8(9)13/h3-5H2,1-2H3,(H,16,19). The maximum Gasteiger partial charge on any atom is 0.253 e. The number of rotatable bonds is 5. The minimum absolute atomic E-state index is 0.108. The van der Waals surface area contributed by atoms with Crippen molar-refractivity contribution < 1.29 is 22.4 Å². The lowest BCUT2D eigenvalue weighted by Crippen LogP contribution is -2.28. The van der Waals surface area contributed by atoms with Crippen LogP contribution >= 0.6 is 0 Å². The van der Waals surface area contributed by atoms with Crippen molar-refractivity contribution in [3.05, 3.63) is 23.5 Å². The number of halogens is 4. The second kappa shape index (κ2) is 6.35. The van der Waals surface area contributed by atoms with Gasteiger partial charge in [0.15, 0.2) is 0 Å². The van der Waals surface area contributed by atoms with E-state index in [1.54, 1.807) is 0 Å². The number of aromatic nitrogens is 1. The van der Waals surface area contributed by atoms with Crippen molar-refractivity contribution in [3.8, 4) is 0 Å². The second-order valence-electron chi connectivity index (χ2n) is 3.93. The molecule has 0 aliphatic heterocycles. The molecule has 0 radical (unpaired) electrons. The van der Waals surface area contributed by atoms with E-state index >= 15 is 0 Å². The summed E-state index contributed by atoms with van der Waals surface area (Å²) in [6.45, 7) is 1.73. The molecule has 1 rings (SSSR count).